The Balaban J connectivity index is 2.48. The number of carbonyl (C=O) groups is 1. The molecule has 0 fully saturated rings. The quantitative estimate of drug-likeness (QED) is 0.744. The molecule has 0 saturated carbocycles. The molecule has 72 valence electrons. The molecule has 0 aromatic carbocycles. The van der Waals surface area contributed by atoms with E-state index in [0.29, 0.717) is 5.69 Å². The van der Waals surface area contributed by atoms with E-state index in [-0.39, 0.29) is 5.78 Å². The highest BCUT2D eigenvalue weighted by atomic mass is 16.1. The average Bonchev–Trinajstić information content (AvgIpc) is 2.62. The first kappa shape index (κ1) is 8.90. The van der Waals surface area contributed by atoms with E-state index in [1.807, 2.05) is 12.1 Å². The van der Waals surface area contributed by atoms with Gasteiger partial charge in [-0.3, -0.25) is 4.79 Å². The van der Waals surface area contributed by atoms with Crippen LogP contribution in [0.3, 0.4) is 0 Å². The number of aromatic amines is 1. The Morgan fingerprint density at radius 1 is 1.50 bits per heavy atom. The normalized spacial score (nSPS) is 13.0. The summed E-state index contributed by atoms with van der Waals surface area (Å²) in [6.07, 6.45) is 1.81. The smallest absolute Gasteiger partial charge is 0.152 e. The number of pyridine rings is 1. The standard InChI is InChI=1S/C10H11N3O/c1-6(14)10(11)9-3-2-7-8(13-9)4-5-12-7/h2-5,10,12H,11H2,1H3/t10-/m1/s1. The summed E-state index contributed by atoms with van der Waals surface area (Å²) in [6.45, 7) is 1.47. The first-order chi connectivity index (χ1) is 6.68. The average molecular weight is 189 g/mol. The number of hydrogen-bond donors (Lipinski definition) is 2. The molecule has 0 bridgehead atoms. The van der Waals surface area contributed by atoms with Gasteiger partial charge < -0.3 is 10.7 Å². The number of H-pyrrole nitrogens is 1. The summed E-state index contributed by atoms with van der Waals surface area (Å²) in [7, 11) is 0. The summed E-state index contributed by atoms with van der Waals surface area (Å²) in [6, 6.07) is 4.88. The summed E-state index contributed by atoms with van der Waals surface area (Å²) in [4.78, 5) is 18.4. The van der Waals surface area contributed by atoms with Crippen LogP contribution in [0.15, 0.2) is 24.4 Å². The fourth-order valence-electron chi connectivity index (χ4n) is 1.33. The summed E-state index contributed by atoms with van der Waals surface area (Å²) in [5, 5.41) is 0. The van der Waals surface area contributed by atoms with E-state index in [2.05, 4.69) is 9.97 Å². The number of rotatable bonds is 2. The number of nitrogens with two attached hydrogens (primary N) is 1. The van der Waals surface area contributed by atoms with Crippen molar-refractivity contribution < 1.29 is 4.79 Å². The van der Waals surface area contributed by atoms with Gasteiger partial charge in [-0.1, -0.05) is 0 Å². The van der Waals surface area contributed by atoms with Crippen LogP contribution in [0.1, 0.15) is 18.7 Å². The Hall–Kier alpha value is -1.68. The zero-order chi connectivity index (χ0) is 10.1. The lowest BCUT2D eigenvalue weighted by atomic mass is 10.1. The number of nitrogens with one attached hydrogen (secondary N) is 1. The molecule has 2 heterocycles. The Kier molecular flexibility index (Phi) is 2.05. The second-order valence-electron chi connectivity index (χ2n) is 3.23. The van der Waals surface area contributed by atoms with Gasteiger partial charge in [-0.15, -0.1) is 0 Å². The van der Waals surface area contributed by atoms with Gasteiger partial charge in [0.2, 0.25) is 0 Å². The van der Waals surface area contributed by atoms with Crippen LogP contribution in [0.25, 0.3) is 11.0 Å². The molecule has 4 nitrogen and oxygen atoms in total. The molecule has 1 atom stereocenters. The van der Waals surface area contributed by atoms with Crippen LogP contribution in [-0.2, 0) is 4.79 Å². The molecule has 2 aromatic heterocycles. The molecule has 3 N–H and O–H groups in total. The van der Waals surface area contributed by atoms with E-state index in [1.54, 1.807) is 12.3 Å². The second-order valence-corrected chi connectivity index (χ2v) is 3.23. The lowest BCUT2D eigenvalue weighted by Gasteiger charge is -2.06. The molecular formula is C10H11N3O. The predicted octanol–water partition coefficient (Wildman–Crippen LogP) is 1.15. The summed E-state index contributed by atoms with van der Waals surface area (Å²) in [5.74, 6) is -0.0765. The number of Topliss-reactive ketones (excluding diaryl/α,β-unsaturated/α-hetero) is 1. The lowest BCUT2D eigenvalue weighted by molar-refractivity contribution is -0.118. The minimum Gasteiger partial charge on any atom is -0.360 e. The maximum absolute atomic E-state index is 11.0. The van der Waals surface area contributed by atoms with E-state index >= 15 is 0 Å². The summed E-state index contributed by atoms with van der Waals surface area (Å²) < 4.78 is 0. The Labute approximate surface area is 81.1 Å². The van der Waals surface area contributed by atoms with Crippen molar-refractivity contribution in [2.24, 2.45) is 5.73 Å². The number of ketones is 1. The maximum Gasteiger partial charge on any atom is 0.152 e. The maximum atomic E-state index is 11.0. The minimum absolute atomic E-state index is 0.0765. The van der Waals surface area contributed by atoms with E-state index in [0.717, 1.165) is 11.0 Å². The number of nitrogens with zero attached hydrogens (tertiary/aromatic N) is 1. The molecule has 14 heavy (non-hydrogen) atoms. The molecule has 2 aromatic rings. The fraction of sp³-hybridized carbons (Fsp3) is 0.200. The number of fused-ring (bicyclic) bond motifs is 1. The SMILES string of the molecule is CC(=O)[C@@H](N)c1ccc2[nH]ccc2n1. The van der Waals surface area contributed by atoms with Gasteiger partial charge in [0.15, 0.2) is 5.78 Å². The molecule has 0 spiro atoms. The molecule has 0 amide bonds. The lowest BCUT2D eigenvalue weighted by Crippen LogP contribution is -2.19. The van der Waals surface area contributed by atoms with Crippen LogP contribution >= 0.6 is 0 Å². The molecule has 0 radical (unpaired) electrons. The van der Waals surface area contributed by atoms with Gasteiger partial charge in [0.05, 0.1) is 16.7 Å². The largest absolute Gasteiger partial charge is 0.360 e. The first-order valence-corrected chi connectivity index (χ1v) is 4.38. The van der Waals surface area contributed by atoms with Gasteiger partial charge in [-0.05, 0) is 25.1 Å². The van der Waals surface area contributed by atoms with Gasteiger partial charge in [-0.2, -0.15) is 0 Å². The van der Waals surface area contributed by atoms with Gasteiger partial charge in [0.1, 0.15) is 6.04 Å². The van der Waals surface area contributed by atoms with Crippen LogP contribution in [0, 0.1) is 0 Å². The van der Waals surface area contributed by atoms with E-state index in [1.165, 1.54) is 6.92 Å². The van der Waals surface area contributed by atoms with Crippen molar-refractivity contribution in [3.8, 4) is 0 Å². The molecule has 0 aliphatic heterocycles. The minimum atomic E-state index is -0.616. The Morgan fingerprint density at radius 2 is 2.29 bits per heavy atom. The third kappa shape index (κ3) is 1.40. The molecule has 2 rings (SSSR count). The molecule has 0 saturated heterocycles. The van der Waals surface area contributed by atoms with Crippen LogP contribution in [0.5, 0.6) is 0 Å². The zero-order valence-corrected chi connectivity index (χ0v) is 7.82. The monoisotopic (exact) mass is 189 g/mol. The number of aromatic nitrogens is 2. The van der Waals surface area contributed by atoms with Gasteiger partial charge in [0.25, 0.3) is 0 Å². The molecule has 4 heteroatoms. The van der Waals surface area contributed by atoms with E-state index in [4.69, 9.17) is 5.73 Å². The highest BCUT2D eigenvalue weighted by Crippen LogP contribution is 2.14. The highest BCUT2D eigenvalue weighted by molar-refractivity contribution is 5.83. The predicted molar refractivity (Wildman–Crippen MR) is 53.7 cm³/mol. The fourth-order valence-corrected chi connectivity index (χ4v) is 1.33. The molecule has 0 unspecified atom stereocenters. The van der Waals surface area contributed by atoms with Crippen LogP contribution in [-0.4, -0.2) is 15.8 Å². The van der Waals surface area contributed by atoms with Crippen LogP contribution in [0.2, 0.25) is 0 Å². The van der Waals surface area contributed by atoms with Crippen molar-refractivity contribution >= 4 is 16.8 Å². The van der Waals surface area contributed by atoms with Crippen molar-refractivity contribution in [2.45, 2.75) is 13.0 Å². The summed E-state index contributed by atoms with van der Waals surface area (Å²) >= 11 is 0. The van der Waals surface area contributed by atoms with Gasteiger partial charge >= 0.3 is 0 Å². The van der Waals surface area contributed by atoms with E-state index in [9.17, 15) is 4.79 Å². The Morgan fingerprint density at radius 3 is 3.00 bits per heavy atom. The van der Waals surface area contributed by atoms with Crippen LogP contribution in [0.4, 0.5) is 0 Å². The third-order valence-corrected chi connectivity index (χ3v) is 2.18. The van der Waals surface area contributed by atoms with Crippen molar-refractivity contribution in [3.63, 3.8) is 0 Å². The van der Waals surface area contributed by atoms with Gasteiger partial charge in [-0.25, -0.2) is 4.98 Å². The van der Waals surface area contributed by atoms with Crippen molar-refractivity contribution in [2.75, 3.05) is 0 Å². The van der Waals surface area contributed by atoms with Gasteiger partial charge in [0, 0.05) is 6.20 Å². The zero-order valence-electron chi connectivity index (χ0n) is 7.82. The molecule has 0 aliphatic carbocycles. The van der Waals surface area contributed by atoms with Crippen LogP contribution < -0.4 is 5.73 Å². The highest BCUT2D eigenvalue weighted by Gasteiger charge is 2.12. The third-order valence-electron chi connectivity index (χ3n) is 2.18. The summed E-state index contributed by atoms with van der Waals surface area (Å²) in [5.41, 5.74) is 8.07. The Bertz CT molecular complexity index is 475. The first-order valence-electron chi connectivity index (χ1n) is 4.38. The number of carbonyl (C=O) groups excluding carboxylic acids is 1. The van der Waals surface area contributed by atoms with E-state index < -0.39 is 6.04 Å². The number of hydrogen-bond acceptors (Lipinski definition) is 3. The second kappa shape index (κ2) is 3.23. The van der Waals surface area contributed by atoms with Crippen molar-refractivity contribution in [1.29, 1.82) is 0 Å². The topological polar surface area (TPSA) is 71.8 Å². The van der Waals surface area contributed by atoms with Crippen molar-refractivity contribution in [3.05, 3.63) is 30.1 Å². The molecule has 0 aliphatic rings. The van der Waals surface area contributed by atoms with Crippen molar-refractivity contribution in [1.82, 2.24) is 9.97 Å². The molecular weight excluding hydrogens is 178 g/mol.